The second-order valence-corrected chi connectivity index (χ2v) is 12.2. The van der Waals surface area contributed by atoms with E-state index in [-0.39, 0.29) is 11.6 Å². The van der Waals surface area contributed by atoms with Gasteiger partial charge in [-0.25, -0.2) is 37.5 Å². The van der Waals surface area contributed by atoms with Crippen LogP contribution in [-0.4, -0.2) is 44.3 Å². The summed E-state index contributed by atoms with van der Waals surface area (Å²) in [5.41, 5.74) is 13.7. The fraction of sp³-hybridized carbons (Fsp3) is 0.175. The molecule has 0 atom stereocenters. The van der Waals surface area contributed by atoms with Crippen LogP contribution in [0.2, 0.25) is 0 Å². The Balaban J connectivity index is 0.000000159. The minimum atomic E-state index is -2.54. The number of nitrogens with two attached hydrogens (primary N) is 1. The molecule has 0 fully saturated rings. The monoisotopic (exact) mass is 730 g/mol. The Kier molecular flexibility index (Phi) is 9.95. The molecule has 0 bridgehead atoms. The standard InChI is InChI=1S/C20H14FN5.C18H14F3N5.C2H6/c21-15-6-3-13(4-7-15)19-20(25-9-1-2-18(25)24-19)14-5-8-17-23-11-16(10-22)26(17)12-14;19-13-4-1-11(2-5-13)17-18(25(10-24-17)9-14(20)21)12-3-6-16-23-7-15(22)26(16)8-12;1-2/h3-8,11-12H,1-2,9H2;1-8,10,14H,9,22H2;1-2H3. The highest BCUT2D eigenvalue weighted by atomic mass is 19.3. The molecule has 1 aliphatic heterocycles. The Labute approximate surface area is 307 Å². The van der Waals surface area contributed by atoms with Crippen LogP contribution in [0.3, 0.4) is 0 Å². The number of rotatable bonds is 6. The topological polar surface area (TPSA) is 120 Å². The lowest BCUT2D eigenvalue weighted by atomic mass is 10.1. The molecule has 2 N–H and O–H groups in total. The van der Waals surface area contributed by atoms with Gasteiger partial charge in [-0.05, 0) is 79.2 Å². The van der Waals surface area contributed by atoms with Crippen molar-refractivity contribution in [3.63, 3.8) is 0 Å². The molecule has 9 rings (SSSR count). The van der Waals surface area contributed by atoms with E-state index in [2.05, 4.69) is 25.6 Å². The highest BCUT2D eigenvalue weighted by molar-refractivity contribution is 5.80. The van der Waals surface area contributed by atoms with Crippen LogP contribution in [0.25, 0.3) is 56.3 Å². The van der Waals surface area contributed by atoms with E-state index in [0.29, 0.717) is 39.7 Å². The van der Waals surface area contributed by atoms with Crippen LogP contribution in [0.4, 0.5) is 23.4 Å². The number of aromatic nitrogens is 8. The highest BCUT2D eigenvalue weighted by Gasteiger charge is 2.24. The van der Waals surface area contributed by atoms with Gasteiger partial charge in [0.05, 0.1) is 48.0 Å². The number of fused-ring (bicyclic) bond motifs is 3. The van der Waals surface area contributed by atoms with Crippen molar-refractivity contribution in [2.24, 2.45) is 0 Å². The van der Waals surface area contributed by atoms with E-state index in [1.54, 1.807) is 57.6 Å². The minimum Gasteiger partial charge on any atom is -0.383 e. The first-order chi connectivity index (χ1) is 26.3. The molecule has 0 aliphatic carbocycles. The number of hydrogen-bond acceptors (Lipinski definition) is 6. The number of pyridine rings is 2. The summed E-state index contributed by atoms with van der Waals surface area (Å²) in [5, 5.41) is 9.30. The van der Waals surface area contributed by atoms with Crippen molar-refractivity contribution in [1.82, 2.24) is 37.9 Å². The Bertz CT molecular complexity index is 2610. The lowest BCUT2D eigenvalue weighted by molar-refractivity contribution is 0.127. The average Bonchev–Trinajstić information content (AvgIpc) is 4.02. The first-order valence-electron chi connectivity index (χ1n) is 17.3. The zero-order valence-electron chi connectivity index (χ0n) is 29.3. The molecule has 0 unspecified atom stereocenters. The van der Waals surface area contributed by atoms with Gasteiger partial charge < -0.3 is 14.9 Å². The lowest BCUT2D eigenvalue weighted by Crippen LogP contribution is -2.07. The van der Waals surface area contributed by atoms with Crippen LogP contribution in [0.1, 0.15) is 31.8 Å². The number of halogens is 4. The Morgan fingerprint density at radius 1 is 0.741 bits per heavy atom. The van der Waals surface area contributed by atoms with Gasteiger partial charge in [0.25, 0.3) is 6.43 Å². The van der Waals surface area contributed by atoms with Crippen LogP contribution >= 0.6 is 0 Å². The van der Waals surface area contributed by atoms with Crippen molar-refractivity contribution < 1.29 is 17.6 Å². The number of nitrogens with zero attached hydrogens (tertiary/aromatic N) is 9. The summed E-state index contributed by atoms with van der Waals surface area (Å²) in [5.74, 6) is 0.839. The molecule has 0 saturated carbocycles. The summed E-state index contributed by atoms with van der Waals surface area (Å²) in [4.78, 5) is 17.5. The van der Waals surface area contributed by atoms with Crippen molar-refractivity contribution in [2.45, 2.75) is 46.2 Å². The molecule has 7 heterocycles. The molecule has 2 aromatic carbocycles. The molecule has 0 saturated heterocycles. The summed E-state index contributed by atoms with van der Waals surface area (Å²) in [6.07, 6.45) is 7.57. The van der Waals surface area contributed by atoms with E-state index < -0.39 is 13.0 Å². The first-order valence-corrected chi connectivity index (χ1v) is 17.3. The molecule has 0 radical (unpaired) electrons. The van der Waals surface area contributed by atoms with Gasteiger partial charge in [-0.2, -0.15) is 5.26 Å². The van der Waals surface area contributed by atoms with Crippen LogP contribution in [0.5, 0.6) is 0 Å². The number of hydrogen-bond donors (Lipinski definition) is 1. The molecule has 0 amide bonds. The highest BCUT2D eigenvalue weighted by Crippen LogP contribution is 2.36. The maximum Gasteiger partial charge on any atom is 0.256 e. The molecule has 8 aromatic rings. The van der Waals surface area contributed by atoms with E-state index in [1.165, 1.54) is 41.4 Å². The predicted molar refractivity (Wildman–Crippen MR) is 198 cm³/mol. The van der Waals surface area contributed by atoms with Crippen LogP contribution < -0.4 is 5.73 Å². The molecule has 6 aromatic heterocycles. The van der Waals surface area contributed by atoms with E-state index in [4.69, 9.17) is 10.7 Å². The van der Waals surface area contributed by atoms with Gasteiger partial charge in [-0.3, -0.25) is 8.80 Å². The van der Waals surface area contributed by atoms with Gasteiger partial charge in [-0.15, -0.1) is 0 Å². The van der Waals surface area contributed by atoms with Gasteiger partial charge in [0, 0.05) is 47.6 Å². The average molecular weight is 731 g/mol. The van der Waals surface area contributed by atoms with Gasteiger partial charge in [0.2, 0.25) is 0 Å². The molecule has 0 spiro atoms. The van der Waals surface area contributed by atoms with E-state index >= 15 is 0 Å². The quantitative estimate of drug-likeness (QED) is 0.171. The van der Waals surface area contributed by atoms with Crippen molar-refractivity contribution in [3.05, 3.63) is 127 Å². The fourth-order valence-corrected chi connectivity index (χ4v) is 6.56. The fourth-order valence-electron chi connectivity index (χ4n) is 6.56. The number of nitrogen functional groups attached to an aromatic ring is 1. The third-order valence-corrected chi connectivity index (χ3v) is 8.94. The number of aryl methyl sites for hydroxylation is 1. The number of anilines is 1. The zero-order valence-corrected chi connectivity index (χ0v) is 29.3. The van der Waals surface area contributed by atoms with Crippen LogP contribution in [0.15, 0.2) is 104 Å². The largest absolute Gasteiger partial charge is 0.383 e. The summed E-state index contributed by atoms with van der Waals surface area (Å²) in [7, 11) is 0. The van der Waals surface area contributed by atoms with E-state index in [9.17, 15) is 22.8 Å². The number of alkyl halides is 2. The summed E-state index contributed by atoms with van der Waals surface area (Å²) >= 11 is 0. The minimum absolute atomic E-state index is 0.263. The van der Waals surface area contributed by atoms with Gasteiger partial charge in [0.1, 0.15) is 46.3 Å². The molecular weight excluding hydrogens is 697 g/mol. The van der Waals surface area contributed by atoms with Crippen molar-refractivity contribution >= 4 is 17.1 Å². The first kappa shape index (κ1) is 35.6. The SMILES string of the molecule is CC.N#Cc1cnc2ccc(-c3c(-c4ccc(F)cc4)nc4n3CCC4)cn12.Nc1cnc2ccc(-c3c(-c4ccc(F)cc4)ncn3CC(F)F)cn12. The Morgan fingerprint density at radius 2 is 1.31 bits per heavy atom. The van der Waals surface area contributed by atoms with Gasteiger partial charge in [-0.1, -0.05) is 13.8 Å². The second kappa shape index (κ2) is 15.1. The molecule has 14 heteroatoms. The molecular formula is C40H34F4N10. The van der Waals surface area contributed by atoms with Crippen LogP contribution in [0, 0.1) is 23.0 Å². The third kappa shape index (κ3) is 6.79. The smallest absolute Gasteiger partial charge is 0.256 e. The molecule has 272 valence electrons. The normalized spacial score (nSPS) is 12.0. The number of imidazole rings is 4. The van der Waals surface area contributed by atoms with E-state index in [0.717, 1.165) is 53.4 Å². The van der Waals surface area contributed by atoms with Crippen molar-refractivity contribution in [1.29, 1.82) is 5.26 Å². The maximum absolute atomic E-state index is 13.3. The predicted octanol–water partition coefficient (Wildman–Crippen LogP) is 8.70. The van der Waals surface area contributed by atoms with Gasteiger partial charge >= 0.3 is 0 Å². The summed E-state index contributed by atoms with van der Waals surface area (Å²) < 4.78 is 59.7. The number of benzene rings is 2. The second-order valence-electron chi connectivity index (χ2n) is 12.2. The zero-order chi connectivity index (χ0) is 37.9. The Hall–Kier alpha value is -6.75. The lowest BCUT2D eigenvalue weighted by Gasteiger charge is -2.11. The van der Waals surface area contributed by atoms with Crippen molar-refractivity contribution in [3.8, 4) is 51.1 Å². The molecule has 1 aliphatic rings. The Morgan fingerprint density at radius 3 is 1.96 bits per heavy atom. The summed E-state index contributed by atoms with van der Waals surface area (Å²) in [6, 6.07) is 21.8. The number of nitriles is 1. The molecule has 10 nitrogen and oxygen atoms in total. The maximum atomic E-state index is 13.3. The van der Waals surface area contributed by atoms with Gasteiger partial charge in [0.15, 0.2) is 0 Å². The van der Waals surface area contributed by atoms with Crippen LogP contribution in [-0.2, 0) is 19.5 Å². The molecule has 54 heavy (non-hydrogen) atoms. The third-order valence-electron chi connectivity index (χ3n) is 8.94. The van der Waals surface area contributed by atoms with E-state index in [1.807, 2.05) is 32.2 Å². The van der Waals surface area contributed by atoms with Crippen molar-refractivity contribution in [2.75, 3.05) is 5.73 Å². The summed E-state index contributed by atoms with van der Waals surface area (Å²) in [6.45, 7) is 4.41.